The molecule has 1 aliphatic rings. The van der Waals surface area contributed by atoms with Crippen LogP contribution in [-0.2, 0) is 14.3 Å². The number of hydrogen-bond donors (Lipinski definition) is 1. The fourth-order valence-corrected chi connectivity index (χ4v) is 3.01. The molecule has 0 saturated heterocycles. The molecule has 9 heteroatoms. The smallest absolute Gasteiger partial charge is 0.331 e. The molecule has 0 unspecified atom stereocenters. The van der Waals surface area contributed by atoms with Crippen molar-refractivity contribution in [1.82, 2.24) is 8.75 Å². The minimum atomic E-state index is -0.628. The number of rotatable bonds is 5. The van der Waals surface area contributed by atoms with Gasteiger partial charge in [-0.05, 0) is 35.9 Å². The second-order valence-corrected chi connectivity index (χ2v) is 6.07. The first-order valence-corrected chi connectivity index (χ1v) is 8.68. The molecule has 2 aromatic carbocycles. The van der Waals surface area contributed by atoms with Gasteiger partial charge in [0.25, 0.3) is 5.91 Å². The highest BCUT2D eigenvalue weighted by atomic mass is 32.1. The molecule has 0 bridgehead atoms. The molecule has 4 rings (SSSR count). The maximum Gasteiger partial charge on any atom is 0.331 e. The van der Waals surface area contributed by atoms with Gasteiger partial charge in [-0.2, -0.15) is 8.75 Å². The van der Waals surface area contributed by atoms with Crippen molar-refractivity contribution in [3.05, 3.63) is 48.0 Å². The Kier molecular flexibility index (Phi) is 4.67. The van der Waals surface area contributed by atoms with Crippen molar-refractivity contribution in [2.75, 3.05) is 18.7 Å². The Morgan fingerprint density at radius 3 is 3.00 bits per heavy atom. The third-order valence-corrected chi connectivity index (χ3v) is 4.26. The molecule has 1 aromatic heterocycles. The number of carbonyl (C=O) groups is 2. The average Bonchev–Trinajstić information content (AvgIpc) is 3.33. The topological polar surface area (TPSA) is 99.6 Å². The number of ether oxygens (including phenoxy) is 3. The van der Waals surface area contributed by atoms with Crippen LogP contribution in [0.15, 0.2) is 42.5 Å². The molecule has 0 saturated carbocycles. The number of fused-ring (bicyclic) bond motifs is 2. The standard InChI is InChI=1S/C18H13N3O5S/c22-16(19-12-2-1-3-13-18(12)21-27-20-13)9-24-17(23)7-5-11-4-6-14-15(8-11)26-10-25-14/h1-8H,9-10H2,(H,19,22). The third-order valence-electron chi connectivity index (χ3n) is 3.71. The Morgan fingerprint density at radius 1 is 1.19 bits per heavy atom. The summed E-state index contributed by atoms with van der Waals surface area (Å²) in [4.78, 5) is 23.8. The van der Waals surface area contributed by atoms with Crippen LogP contribution in [0.1, 0.15) is 5.56 Å². The lowest BCUT2D eigenvalue weighted by molar-refractivity contribution is -0.142. The Balaban J connectivity index is 1.31. The number of nitrogens with one attached hydrogen (secondary N) is 1. The molecule has 0 aliphatic carbocycles. The molecule has 1 N–H and O–H groups in total. The molecule has 27 heavy (non-hydrogen) atoms. The van der Waals surface area contributed by atoms with E-state index < -0.39 is 18.5 Å². The molecule has 3 aromatic rings. The van der Waals surface area contributed by atoms with Gasteiger partial charge in [-0.1, -0.05) is 12.1 Å². The van der Waals surface area contributed by atoms with Gasteiger partial charge in [-0.15, -0.1) is 0 Å². The Hall–Kier alpha value is -3.46. The fraction of sp³-hybridized carbons (Fsp3) is 0.111. The number of nitrogens with zero attached hydrogens (tertiary/aromatic N) is 2. The highest BCUT2D eigenvalue weighted by molar-refractivity contribution is 7.00. The van der Waals surface area contributed by atoms with E-state index in [2.05, 4.69) is 14.1 Å². The van der Waals surface area contributed by atoms with Crippen LogP contribution >= 0.6 is 11.7 Å². The van der Waals surface area contributed by atoms with Crippen molar-refractivity contribution < 1.29 is 23.8 Å². The van der Waals surface area contributed by atoms with Crippen LogP contribution in [-0.4, -0.2) is 34.0 Å². The molecular weight excluding hydrogens is 370 g/mol. The summed E-state index contributed by atoms with van der Waals surface area (Å²) in [6.45, 7) is -0.220. The molecular formula is C18H13N3O5S. The Labute approximate surface area is 157 Å². The summed E-state index contributed by atoms with van der Waals surface area (Å²) < 4.78 is 23.7. The molecule has 0 atom stereocenters. The van der Waals surface area contributed by atoms with Gasteiger partial charge in [0.05, 0.1) is 17.4 Å². The molecule has 0 spiro atoms. The van der Waals surface area contributed by atoms with E-state index in [0.717, 1.165) is 17.3 Å². The summed E-state index contributed by atoms with van der Waals surface area (Å²) in [5, 5.41) is 2.66. The second kappa shape index (κ2) is 7.42. The van der Waals surface area contributed by atoms with Gasteiger partial charge < -0.3 is 19.5 Å². The largest absolute Gasteiger partial charge is 0.454 e. The van der Waals surface area contributed by atoms with Crippen LogP contribution in [0.4, 0.5) is 5.69 Å². The van der Waals surface area contributed by atoms with Crippen molar-refractivity contribution in [1.29, 1.82) is 0 Å². The summed E-state index contributed by atoms with van der Waals surface area (Å²) in [7, 11) is 0. The van der Waals surface area contributed by atoms with Gasteiger partial charge >= 0.3 is 5.97 Å². The van der Waals surface area contributed by atoms with Gasteiger partial charge in [-0.25, -0.2) is 4.79 Å². The van der Waals surface area contributed by atoms with Crippen LogP contribution in [0.5, 0.6) is 11.5 Å². The first kappa shape index (κ1) is 17.0. The summed E-state index contributed by atoms with van der Waals surface area (Å²) in [6.07, 6.45) is 2.82. The molecule has 1 aliphatic heterocycles. The first-order valence-electron chi connectivity index (χ1n) is 7.95. The number of benzene rings is 2. The zero-order valence-corrected chi connectivity index (χ0v) is 14.7. The minimum absolute atomic E-state index is 0.185. The molecule has 1 amide bonds. The highest BCUT2D eigenvalue weighted by Gasteiger charge is 2.13. The van der Waals surface area contributed by atoms with E-state index in [-0.39, 0.29) is 6.79 Å². The first-order chi connectivity index (χ1) is 13.2. The predicted molar refractivity (Wildman–Crippen MR) is 98.6 cm³/mol. The van der Waals surface area contributed by atoms with E-state index in [0.29, 0.717) is 28.2 Å². The normalized spacial score (nSPS) is 12.4. The van der Waals surface area contributed by atoms with Crippen molar-refractivity contribution in [2.45, 2.75) is 0 Å². The van der Waals surface area contributed by atoms with Crippen molar-refractivity contribution in [3.63, 3.8) is 0 Å². The van der Waals surface area contributed by atoms with E-state index in [1.807, 2.05) is 0 Å². The molecule has 2 heterocycles. The van der Waals surface area contributed by atoms with E-state index in [9.17, 15) is 9.59 Å². The SMILES string of the molecule is O=C(COC(=O)C=Cc1ccc2c(c1)OCO2)Nc1cccc2nsnc12. The molecule has 0 fully saturated rings. The summed E-state index contributed by atoms with van der Waals surface area (Å²) in [6, 6.07) is 10.6. The molecule has 0 radical (unpaired) electrons. The average molecular weight is 383 g/mol. The van der Waals surface area contributed by atoms with Gasteiger partial charge in [0.2, 0.25) is 6.79 Å². The molecule has 136 valence electrons. The molecule has 8 nitrogen and oxygen atoms in total. The van der Waals surface area contributed by atoms with Gasteiger partial charge in [0.1, 0.15) is 11.0 Å². The van der Waals surface area contributed by atoms with E-state index in [1.165, 1.54) is 6.08 Å². The number of esters is 1. The second-order valence-electron chi connectivity index (χ2n) is 5.54. The zero-order chi connectivity index (χ0) is 18.6. The lowest BCUT2D eigenvalue weighted by atomic mass is 10.2. The van der Waals surface area contributed by atoms with Crippen molar-refractivity contribution in [2.24, 2.45) is 0 Å². The van der Waals surface area contributed by atoms with Crippen LogP contribution in [0.2, 0.25) is 0 Å². The van der Waals surface area contributed by atoms with E-state index in [4.69, 9.17) is 14.2 Å². The summed E-state index contributed by atoms with van der Waals surface area (Å²) in [5.74, 6) is 0.198. The summed E-state index contributed by atoms with van der Waals surface area (Å²) >= 11 is 1.06. The Morgan fingerprint density at radius 2 is 2.07 bits per heavy atom. The maximum atomic E-state index is 12.0. The van der Waals surface area contributed by atoms with E-state index >= 15 is 0 Å². The number of aromatic nitrogens is 2. The van der Waals surface area contributed by atoms with Crippen molar-refractivity contribution in [3.8, 4) is 11.5 Å². The maximum absolute atomic E-state index is 12.0. The highest BCUT2D eigenvalue weighted by Crippen LogP contribution is 2.32. The van der Waals surface area contributed by atoms with Crippen LogP contribution in [0, 0.1) is 0 Å². The van der Waals surface area contributed by atoms with Gasteiger partial charge in [-0.3, -0.25) is 4.79 Å². The summed E-state index contributed by atoms with van der Waals surface area (Å²) in [5.41, 5.74) is 2.58. The number of anilines is 1. The van der Waals surface area contributed by atoms with Crippen LogP contribution < -0.4 is 14.8 Å². The third kappa shape index (κ3) is 3.87. The minimum Gasteiger partial charge on any atom is -0.454 e. The number of carbonyl (C=O) groups excluding carboxylic acids is 2. The zero-order valence-electron chi connectivity index (χ0n) is 13.9. The Bertz CT molecular complexity index is 1050. The number of hydrogen-bond acceptors (Lipinski definition) is 8. The quantitative estimate of drug-likeness (QED) is 0.534. The lowest BCUT2D eigenvalue weighted by Crippen LogP contribution is -2.20. The van der Waals surface area contributed by atoms with Crippen LogP contribution in [0.25, 0.3) is 17.1 Å². The van der Waals surface area contributed by atoms with Crippen LogP contribution in [0.3, 0.4) is 0 Å². The lowest BCUT2D eigenvalue weighted by Gasteiger charge is -2.05. The van der Waals surface area contributed by atoms with Gasteiger partial charge in [0, 0.05) is 6.08 Å². The number of amides is 1. The van der Waals surface area contributed by atoms with Crippen molar-refractivity contribution >= 4 is 46.4 Å². The van der Waals surface area contributed by atoms with Gasteiger partial charge in [0.15, 0.2) is 18.1 Å². The predicted octanol–water partition coefficient (Wildman–Crippen LogP) is 2.62. The van der Waals surface area contributed by atoms with E-state index in [1.54, 1.807) is 42.5 Å². The monoisotopic (exact) mass is 383 g/mol. The fourth-order valence-electron chi connectivity index (χ4n) is 2.46.